The average molecular weight is 267 g/mol. The summed E-state index contributed by atoms with van der Waals surface area (Å²) >= 11 is 0. The Morgan fingerprint density at radius 1 is 1.21 bits per heavy atom. The highest BCUT2D eigenvalue weighted by molar-refractivity contribution is 5.98. The van der Waals surface area contributed by atoms with Crippen molar-refractivity contribution in [2.24, 2.45) is 0 Å². The molecule has 108 valence electrons. The van der Waals surface area contributed by atoms with Crippen LogP contribution < -0.4 is 5.32 Å². The second-order valence-electron chi connectivity index (χ2n) is 6.07. The number of nitrogens with one attached hydrogen (secondary N) is 1. The molecule has 1 saturated heterocycles. The molecule has 19 heavy (non-hydrogen) atoms. The van der Waals surface area contributed by atoms with Crippen LogP contribution in [0, 0.1) is 0 Å². The van der Waals surface area contributed by atoms with Gasteiger partial charge in [0.25, 0.3) is 0 Å². The van der Waals surface area contributed by atoms with E-state index in [4.69, 9.17) is 0 Å². The van der Waals surface area contributed by atoms with E-state index < -0.39 is 5.54 Å². The lowest BCUT2D eigenvalue weighted by Crippen LogP contribution is -2.65. The normalized spacial score (nSPS) is 22.4. The Labute approximate surface area is 115 Å². The van der Waals surface area contributed by atoms with Crippen LogP contribution in [0.4, 0.5) is 0 Å². The fraction of sp³-hybridized carbons (Fsp3) is 0.857. The number of piperazine rings is 1. The Morgan fingerprint density at radius 3 is 2.53 bits per heavy atom. The minimum atomic E-state index is -0.559. The van der Waals surface area contributed by atoms with E-state index in [-0.39, 0.29) is 18.4 Å². The topological polar surface area (TPSA) is 52.6 Å². The third kappa shape index (κ3) is 3.26. The van der Waals surface area contributed by atoms with Gasteiger partial charge in [0.2, 0.25) is 11.8 Å². The molecule has 0 atom stereocenters. The maximum Gasteiger partial charge on any atom is 0.248 e. The summed E-state index contributed by atoms with van der Waals surface area (Å²) < 4.78 is 0. The molecule has 0 bridgehead atoms. The van der Waals surface area contributed by atoms with Gasteiger partial charge in [-0.2, -0.15) is 0 Å². The molecule has 5 nitrogen and oxygen atoms in total. The van der Waals surface area contributed by atoms with Gasteiger partial charge in [0.1, 0.15) is 5.54 Å². The number of amides is 2. The Hall–Kier alpha value is -1.10. The van der Waals surface area contributed by atoms with Gasteiger partial charge in [-0.25, -0.2) is 0 Å². The molecule has 0 aromatic rings. The van der Waals surface area contributed by atoms with Crippen LogP contribution in [-0.4, -0.2) is 60.9 Å². The summed E-state index contributed by atoms with van der Waals surface area (Å²) in [7, 11) is 4.10. The smallest absolute Gasteiger partial charge is 0.248 e. The van der Waals surface area contributed by atoms with Crippen LogP contribution >= 0.6 is 0 Å². The summed E-state index contributed by atoms with van der Waals surface area (Å²) in [6.45, 7) is 1.98. The number of rotatable bonds is 5. The van der Waals surface area contributed by atoms with Gasteiger partial charge in [0.15, 0.2) is 0 Å². The Bertz CT molecular complexity index is 349. The number of hydrogen-bond donors (Lipinski definition) is 1. The van der Waals surface area contributed by atoms with E-state index >= 15 is 0 Å². The van der Waals surface area contributed by atoms with Gasteiger partial charge in [-0.15, -0.1) is 0 Å². The van der Waals surface area contributed by atoms with Crippen LogP contribution in [-0.2, 0) is 9.59 Å². The summed E-state index contributed by atoms with van der Waals surface area (Å²) in [6.07, 6.45) is 5.73. The van der Waals surface area contributed by atoms with Crippen molar-refractivity contribution in [3.05, 3.63) is 0 Å². The zero-order valence-corrected chi connectivity index (χ0v) is 12.1. The molecule has 5 heteroatoms. The van der Waals surface area contributed by atoms with Gasteiger partial charge in [-0.3, -0.25) is 9.59 Å². The molecule has 0 aromatic heterocycles. The lowest BCUT2D eigenvalue weighted by Gasteiger charge is -2.39. The van der Waals surface area contributed by atoms with Crippen LogP contribution in [0.3, 0.4) is 0 Å². The second kappa shape index (κ2) is 5.90. The van der Waals surface area contributed by atoms with Gasteiger partial charge < -0.3 is 15.1 Å². The maximum absolute atomic E-state index is 12.5. The summed E-state index contributed by atoms with van der Waals surface area (Å²) in [5.74, 6) is 0.156. The molecule has 1 aliphatic carbocycles. The van der Waals surface area contributed by atoms with E-state index in [1.807, 2.05) is 14.1 Å². The summed E-state index contributed by atoms with van der Waals surface area (Å²) in [5, 5.41) is 2.94. The lowest BCUT2D eigenvalue weighted by molar-refractivity contribution is -0.149. The quantitative estimate of drug-likeness (QED) is 0.742. The first-order valence-corrected chi connectivity index (χ1v) is 7.29. The molecule has 2 rings (SSSR count). The predicted molar refractivity (Wildman–Crippen MR) is 73.7 cm³/mol. The fourth-order valence-electron chi connectivity index (χ4n) is 3.14. The monoisotopic (exact) mass is 267 g/mol. The van der Waals surface area contributed by atoms with Gasteiger partial charge in [-0.05, 0) is 46.3 Å². The highest BCUT2D eigenvalue weighted by atomic mass is 16.2. The minimum Gasteiger partial charge on any atom is -0.340 e. The van der Waals surface area contributed by atoms with Crippen LogP contribution in [0.2, 0.25) is 0 Å². The molecule has 2 amide bonds. The first-order valence-electron chi connectivity index (χ1n) is 7.29. The van der Waals surface area contributed by atoms with Crippen LogP contribution in [0.5, 0.6) is 0 Å². The number of hydrogen-bond acceptors (Lipinski definition) is 3. The van der Waals surface area contributed by atoms with Crippen LogP contribution in [0.1, 0.15) is 38.5 Å². The SMILES string of the molecule is CN(C)CCCCN1CC(=O)NC2(CCCC2)C1=O. The molecular weight excluding hydrogens is 242 g/mol. The van der Waals surface area contributed by atoms with Crippen molar-refractivity contribution in [2.75, 3.05) is 33.7 Å². The third-order valence-electron chi connectivity index (χ3n) is 4.15. The molecular formula is C14H25N3O2. The van der Waals surface area contributed by atoms with Gasteiger partial charge in [0.05, 0.1) is 6.54 Å². The van der Waals surface area contributed by atoms with Crippen molar-refractivity contribution in [1.82, 2.24) is 15.1 Å². The number of carbonyl (C=O) groups excluding carboxylic acids is 2. The lowest BCUT2D eigenvalue weighted by atomic mass is 9.93. The van der Waals surface area contributed by atoms with Gasteiger partial charge in [0, 0.05) is 6.54 Å². The van der Waals surface area contributed by atoms with E-state index in [0.717, 1.165) is 45.1 Å². The molecule has 1 heterocycles. The van der Waals surface area contributed by atoms with Crippen LogP contribution in [0.25, 0.3) is 0 Å². The summed E-state index contributed by atoms with van der Waals surface area (Å²) in [6, 6.07) is 0. The summed E-state index contributed by atoms with van der Waals surface area (Å²) in [4.78, 5) is 28.2. The third-order valence-corrected chi connectivity index (χ3v) is 4.15. The molecule has 1 spiro atoms. The first kappa shape index (κ1) is 14.3. The number of nitrogens with zero attached hydrogens (tertiary/aromatic N) is 2. The average Bonchev–Trinajstić information content (AvgIpc) is 2.79. The molecule has 0 aromatic carbocycles. The zero-order valence-electron chi connectivity index (χ0n) is 12.1. The molecule has 1 aliphatic heterocycles. The van der Waals surface area contributed by atoms with Gasteiger partial charge in [-0.1, -0.05) is 12.8 Å². The standard InChI is InChI=1S/C14H25N3O2/c1-16(2)9-5-6-10-17-11-12(18)15-14(13(17)19)7-3-4-8-14/h3-11H2,1-2H3,(H,15,18). The fourth-order valence-corrected chi connectivity index (χ4v) is 3.14. The Morgan fingerprint density at radius 2 is 1.89 bits per heavy atom. The van der Waals surface area contributed by atoms with Crippen molar-refractivity contribution in [3.8, 4) is 0 Å². The summed E-state index contributed by atoms with van der Waals surface area (Å²) in [5.41, 5.74) is -0.559. The van der Waals surface area contributed by atoms with Crippen molar-refractivity contribution in [1.29, 1.82) is 0 Å². The Balaban J connectivity index is 1.89. The van der Waals surface area contributed by atoms with E-state index in [1.54, 1.807) is 4.90 Å². The maximum atomic E-state index is 12.5. The van der Waals surface area contributed by atoms with Crippen molar-refractivity contribution < 1.29 is 9.59 Å². The molecule has 0 radical (unpaired) electrons. The zero-order chi connectivity index (χ0) is 13.9. The van der Waals surface area contributed by atoms with E-state index in [1.165, 1.54) is 0 Å². The predicted octanol–water partition coefficient (Wildman–Crippen LogP) is 0.599. The van der Waals surface area contributed by atoms with E-state index in [2.05, 4.69) is 10.2 Å². The number of carbonyl (C=O) groups is 2. The van der Waals surface area contributed by atoms with Gasteiger partial charge >= 0.3 is 0 Å². The molecule has 2 aliphatic rings. The van der Waals surface area contributed by atoms with E-state index in [9.17, 15) is 9.59 Å². The molecule has 1 saturated carbocycles. The number of unbranched alkanes of at least 4 members (excludes halogenated alkanes) is 1. The minimum absolute atomic E-state index is 0.00843. The molecule has 2 fully saturated rings. The first-order chi connectivity index (χ1) is 9.03. The van der Waals surface area contributed by atoms with Crippen molar-refractivity contribution >= 4 is 11.8 Å². The van der Waals surface area contributed by atoms with Crippen LogP contribution in [0.15, 0.2) is 0 Å². The van der Waals surface area contributed by atoms with Crippen molar-refractivity contribution in [3.63, 3.8) is 0 Å². The molecule has 0 unspecified atom stereocenters. The second-order valence-corrected chi connectivity index (χ2v) is 6.07. The Kier molecular flexibility index (Phi) is 4.45. The highest BCUT2D eigenvalue weighted by Gasteiger charge is 2.47. The molecule has 1 N–H and O–H groups in total. The highest BCUT2D eigenvalue weighted by Crippen LogP contribution is 2.33. The largest absolute Gasteiger partial charge is 0.340 e. The van der Waals surface area contributed by atoms with Crippen molar-refractivity contribution in [2.45, 2.75) is 44.1 Å². The van der Waals surface area contributed by atoms with E-state index in [0.29, 0.717) is 6.54 Å².